The second kappa shape index (κ2) is 3.69. The van der Waals surface area contributed by atoms with Gasteiger partial charge in [0.05, 0.1) is 9.13 Å². The van der Waals surface area contributed by atoms with Crippen LogP contribution in [0.4, 0.5) is 4.39 Å². The van der Waals surface area contributed by atoms with Crippen molar-refractivity contribution >= 4 is 44.5 Å². The molecular formula is C7H3BrFIO2. The molecule has 0 amide bonds. The molecule has 1 aromatic carbocycles. The van der Waals surface area contributed by atoms with Crippen LogP contribution in [0.3, 0.4) is 0 Å². The molecule has 0 saturated carbocycles. The Morgan fingerprint density at radius 3 is 2.58 bits per heavy atom. The van der Waals surface area contributed by atoms with Gasteiger partial charge < -0.3 is 5.11 Å². The minimum atomic E-state index is -1.13. The fourth-order valence-electron chi connectivity index (χ4n) is 0.723. The normalized spacial score (nSPS) is 9.92. The molecule has 0 bridgehead atoms. The summed E-state index contributed by atoms with van der Waals surface area (Å²) in [6.07, 6.45) is 0. The Morgan fingerprint density at radius 2 is 2.17 bits per heavy atom. The van der Waals surface area contributed by atoms with Gasteiger partial charge in [-0.05, 0) is 50.7 Å². The maximum absolute atomic E-state index is 12.8. The van der Waals surface area contributed by atoms with Crippen molar-refractivity contribution in [1.29, 1.82) is 0 Å². The first kappa shape index (κ1) is 9.91. The van der Waals surface area contributed by atoms with Gasteiger partial charge in [-0.2, -0.15) is 0 Å². The van der Waals surface area contributed by atoms with Gasteiger partial charge >= 0.3 is 5.97 Å². The van der Waals surface area contributed by atoms with E-state index in [-0.39, 0.29) is 9.13 Å². The van der Waals surface area contributed by atoms with Crippen LogP contribution in [0, 0.1) is 9.39 Å². The lowest BCUT2D eigenvalue weighted by molar-refractivity contribution is 0.0694. The van der Waals surface area contributed by atoms with Crippen molar-refractivity contribution in [3.8, 4) is 0 Å². The van der Waals surface area contributed by atoms with E-state index in [9.17, 15) is 9.18 Å². The number of carbonyl (C=O) groups is 1. The molecule has 0 aliphatic rings. The molecule has 0 aliphatic carbocycles. The molecule has 0 aliphatic heterocycles. The quantitative estimate of drug-likeness (QED) is 0.628. The topological polar surface area (TPSA) is 37.3 Å². The van der Waals surface area contributed by atoms with Gasteiger partial charge in [0.25, 0.3) is 0 Å². The van der Waals surface area contributed by atoms with E-state index in [1.165, 1.54) is 12.1 Å². The standard InChI is InChI=1S/C7H3BrFIO2/c8-3-1-2-4(9)6(10)5(3)7(11)12/h1-2H,(H,11,12). The van der Waals surface area contributed by atoms with Crippen molar-refractivity contribution in [3.63, 3.8) is 0 Å². The number of benzene rings is 1. The third-order valence-corrected chi connectivity index (χ3v) is 2.97. The van der Waals surface area contributed by atoms with Crippen molar-refractivity contribution in [2.75, 3.05) is 0 Å². The summed E-state index contributed by atoms with van der Waals surface area (Å²) in [6.45, 7) is 0. The van der Waals surface area contributed by atoms with E-state index in [1.54, 1.807) is 22.6 Å². The van der Waals surface area contributed by atoms with Crippen LogP contribution in [0.1, 0.15) is 10.4 Å². The number of aromatic carboxylic acids is 1. The zero-order valence-electron chi connectivity index (χ0n) is 5.64. The molecule has 0 radical (unpaired) electrons. The molecule has 64 valence electrons. The summed E-state index contributed by atoms with van der Waals surface area (Å²) in [6, 6.07) is 2.60. The van der Waals surface area contributed by atoms with Gasteiger partial charge in [-0.25, -0.2) is 9.18 Å². The molecule has 0 aromatic heterocycles. The Kier molecular flexibility index (Phi) is 3.05. The van der Waals surface area contributed by atoms with Gasteiger partial charge in [-0.3, -0.25) is 0 Å². The van der Waals surface area contributed by atoms with E-state index >= 15 is 0 Å². The number of carboxylic acid groups (broad SMARTS) is 1. The van der Waals surface area contributed by atoms with E-state index in [1.807, 2.05) is 0 Å². The molecular weight excluding hydrogens is 342 g/mol. The van der Waals surface area contributed by atoms with Crippen LogP contribution in [-0.4, -0.2) is 11.1 Å². The van der Waals surface area contributed by atoms with Gasteiger partial charge in [0, 0.05) is 4.47 Å². The second-order valence-electron chi connectivity index (χ2n) is 2.02. The largest absolute Gasteiger partial charge is 0.478 e. The van der Waals surface area contributed by atoms with E-state index in [0.29, 0.717) is 4.47 Å². The van der Waals surface area contributed by atoms with Crippen LogP contribution in [0.2, 0.25) is 0 Å². The van der Waals surface area contributed by atoms with Gasteiger partial charge in [-0.15, -0.1) is 0 Å². The summed E-state index contributed by atoms with van der Waals surface area (Å²) in [5, 5.41) is 8.67. The van der Waals surface area contributed by atoms with Crippen molar-refractivity contribution in [2.45, 2.75) is 0 Å². The highest BCUT2D eigenvalue weighted by Gasteiger charge is 2.15. The first-order chi connectivity index (χ1) is 5.54. The molecule has 0 atom stereocenters. The van der Waals surface area contributed by atoms with Crippen LogP contribution in [0.5, 0.6) is 0 Å². The van der Waals surface area contributed by atoms with Crippen molar-refractivity contribution in [3.05, 3.63) is 31.6 Å². The Morgan fingerprint density at radius 1 is 1.58 bits per heavy atom. The minimum absolute atomic E-state index is 0.0319. The van der Waals surface area contributed by atoms with E-state index in [4.69, 9.17) is 5.11 Å². The highest BCUT2D eigenvalue weighted by atomic mass is 127. The fourth-order valence-corrected chi connectivity index (χ4v) is 2.29. The Labute approximate surface area is 90.0 Å². The molecule has 1 aromatic rings. The number of halogens is 3. The van der Waals surface area contributed by atoms with Gasteiger partial charge in [-0.1, -0.05) is 0 Å². The minimum Gasteiger partial charge on any atom is -0.478 e. The fraction of sp³-hybridized carbons (Fsp3) is 0. The van der Waals surface area contributed by atoms with Gasteiger partial charge in [0.15, 0.2) is 0 Å². The molecule has 2 nitrogen and oxygen atoms in total. The molecule has 12 heavy (non-hydrogen) atoms. The van der Waals surface area contributed by atoms with Crippen LogP contribution < -0.4 is 0 Å². The number of hydrogen-bond acceptors (Lipinski definition) is 1. The summed E-state index contributed by atoms with van der Waals surface area (Å²) >= 11 is 4.69. The first-order valence-electron chi connectivity index (χ1n) is 2.91. The maximum atomic E-state index is 12.8. The van der Waals surface area contributed by atoms with E-state index < -0.39 is 11.8 Å². The van der Waals surface area contributed by atoms with Crippen molar-refractivity contribution < 1.29 is 14.3 Å². The Hall–Kier alpha value is -0.170. The lowest BCUT2D eigenvalue weighted by atomic mass is 10.2. The predicted octanol–water partition coefficient (Wildman–Crippen LogP) is 2.89. The number of rotatable bonds is 1. The predicted molar refractivity (Wildman–Crippen MR) is 53.8 cm³/mol. The molecule has 0 saturated heterocycles. The second-order valence-corrected chi connectivity index (χ2v) is 3.96. The highest BCUT2D eigenvalue weighted by molar-refractivity contribution is 14.1. The van der Waals surface area contributed by atoms with Gasteiger partial charge in [0.2, 0.25) is 0 Å². The van der Waals surface area contributed by atoms with E-state index in [0.717, 1.165) is 0 Å². The SMILES string of the molecule is O=C(O)c1c(Br)ccc(F)c1I. The zero-order chi connectivity index (χ0) is 9.30. The molecule has 0 heterocycles. The summed E-state index contributed by atoms with van der Waals surface area (Å²) in [5.41, 5.74) is -0.0319. The third-order valence-electron chi connectivity index (χ3n) is 1.26. The van der Waals surface area contributed by atoms with E-state index in [2.05, 4.69) is 15.9 Å². The van der Waals surface area contributed by atoms with Crippen LogP contribution >= 0.6 is 38.5 Å². The Balaban J connectivity index is 3.43. The molecule has 5 heteroatoms. The molecule has 0 spiro atoms. The highest BCUT2D eigenvalue weighted by Crippen LogP contribution is 2.24. The molecule has 1 rings (SSSR count). The molecule has 0 fully saturated rings. The summed E-state index contributed by atoms with van der Waals surface area (Å²) < 4.78 is 13.3. The third kappa shape index (κ3) is 1.77. The average Bonchev–Trinajstić information content (AvgIpc) is 1.97. The monoisotopic (exact) mass is 344 g/mol. The number of carboxylic acids is 1. The van der Waals surface area contributed by atoms with Crippen LogP contribution in [-0.2, 0) is 0 Å². The lowest BCUT2D eigenvalue weighted by Crippen LogP contribution is -2.02. The maximum Gasteiger partial charge on any atom is 0.338 e. The smallest absolute Gasteiger partial charge is 0.338 e. The zero-order valence-corrected chi connectivity index (χ0v) is 9.39. The summed E-state index contributed by atoms with van der Waals surface area (Å²) in [4.78, 5) is 10.6. The van der Waals surface area contributed by atoms with Crippen LogP contribution in [0.25, 0.3) is 0 Å². The average molecular weight is 345 g/mol. The molecule has 0 unspecified atom stereocenters. The van der Waals surface area contributed by atoms with Crippen LogP contribution in [0.15, 0.2) is 16.6 Å². The van der Waals surface area contributed by atoms with Gasteiger partial charge in [0.1, 0.15) is 5.82 Å². The summed E-state index contributed by atoms with van der Waals surface area (Å²) in [5.74, 6) is -1.65. The summed E-state index contributed by atoms with van der Waals surface area (Å²) in [7, 11) is 0. The van der Waals surface area contributed by atoms with Crippen molar-refractivity contribution in [1.82, 2.24) is 0 Å². The Bertz CT molecular complexity index is 340. The van der Waals surface area contributed by atoms with Crippen molar-refractivity contribution in [2.24, 2.45) is 0 Å². The number of hydrogen-bond donors (Lipinski definition) is 1. The lowest BCUT2D eigenvalue weighted by Gasteiger charge is -2.02. The molecule has 1 N–H and O–H groups in total. The first-order valence-corrected chi connectivity index (χ1v) is 4.78.